The van der Waals surface area contributed by atoms with Gasteiger partial charge in [0, 0.05) is 13.3 Å². The van der Waals surface area contributed by atoms with Crippen LogP contribution in [0.15, 0.2) is 0 Å². The molecule has 0 bridgehead atoms. The molecule has 7 N–H and O–H groups in total. The first-order valence-electron chi connectivity index (χ1n) is 9.47. The Hall–Kier alpha value is -1.31. The van der Waals surface area contributed by atoms with Gasteiger partial charge in [-0.15, -0.1) is 0 Å². The Kier molecular flexibility index (Phi) is 9.05. The first-order chi connectivity index (χ1) is 14.7. The van der Waals surface area contributed by atoms with Crippen LogP contribution in [0.3, 0.4) is 0 Å². The third kappa shape index (κ3) is 6.61. The Labute approximate surface area is 182 Å². The lowest BCUT2D eigenvalue weighted by Crippen LogP contribution is -2.68. The number of hydrogen-bond acceptors (Lipinski definition) is 13. The average Bonchev–Trinajstić information content (AvgIpc) is 2.66. The van der Waals surface area contributed by atoms with Gasteiger partial charge in [-0.1, -0.05) is 0 Å². The van der Waals surface area contributed by atoms with Gasteiger partial charge in [-0.05, 0) is 6.92 Å². The van der Waals surface area contributed by atoms with Crippen LogP contribution in [0.1, 0.15) is 20.3 Å². The second-order valence-corrected chi connectivity index (χ2v) is 8.53. The quantitative estimate of drug-likeness (QED) is 0.159. The second kappa shape index (κ2) is 10.7. The number of carbonyl (C=O) groups is 2. The molecular weight excluding hydrogens is 462 g/mol. The van der Waals surface area contributed by atoms with Crippen molar-refractivity contribution in [2.75, 3.05) is 6.61 Å². The molecule has 0 aromatic carbocycles. The lowest BCUT2D eigenvalue weighted by molar-refractivity contribution is -0.336. The zero-order valence-electron chi connectivity index (χ0n) is 17.0. The standard InChI is InChI=1S/C16H27NO14S/c1-5(19)3-7-10(21)11(22)12(23)16(29-7)30-14-9(17-6(2)20)15(24)28-8(4-18)13(14)31-32(25,26)27/h7-16,18,21-24H,3-4H2,1-2H3,(H,17,20)(H,25,26,27)/t7-,8+,9-,10+,11+,12+,13-,14+,15+,16+/m0/s1. The van der Waals surface area contributed by atoms with Gasteiger partial charge in [0.15, 0.2) is 12.6 Å². The van der Waals surface area contributed by atoms with Gasteiger partial charge in [0.1, 0.15) is 48.4 Å². The summed E-state index contributed by atoms with van der Waals surface area (Å²) >= 11 is 0. The van der Waals surface area contributed by atoms with Crippen molar-refractivity contribution in [3.63, 3.8) is 0 Å². The van der Waals surface area contributed by atoms with Crippen LogP contribution in [0, 0.1) is 0 Å². The van der Waals surface area contributed by atoms with Gasteiger partial charge in [-0.3, -0.25) is 14.1 Å². The minimum Gasteiger partial charge on any atom is -0.394 e. The molecule has 2 saturated heterocycles. The maximum atomic E-state index is 11.6. The van der Waals surface area contributed by atoms with E-state index in [1.807, 2.05) is 0 Å². The Morgan fingerprint density at radius 3 is 2.09 bits per heavy atom. The second-order valence-electron chi connectivity index (χ2n) is 7.48. The number of nitrogens with one attached hydrogen (secondary N) is 1. The van der Waals surface area contributed by atoms with E-state index in [0.717, 1.165) is 6.92 Å². The maximum Gasteiger partial charge on any atom is 0.397 e. The highest BCUT2D eigenvalue weighted by molar-refractivity contribution is 7.80. The fourth-order valence-corrected chi connectivity index (χ4v) is 4.02. The Morgan fingerprint density at radius 1 is 0.969 bits per heavy atom. The fourth-order valence-electron chi connectivity index (χ4n) is 3.51. The van der Waals surface area contributed by atoms with Crippen LogP contribution in [0.4, 0.5) is 0 Å². The van der Waals surface area contributed by atoms with Crippen molar-refractivity contribution in [3.05, 3.63) is 0 Å². The van der Waals surface area contributed by atoms with E-state index in [1.165, 1.54) is 6.92 Å². The number of Topliss-reactive ketones (excluding diaryl/α,β-unsaturated/α-hetero) is 1. The molecule has 2 aliphatic rings. The third-order valence-corrected chi connectivity index (χ3v) is 5.36. The number of ether oxygens (including phenoxy) is 3. The monoisotopic (exact) mass is 489 g/mol. The largest absolute Gasteiger partial charge is 0.397 e. The average molecular weight is 489 g/mol. The van der Waals surface area contributed by atoms with Crippen molar-refractivity contribution in [1.29, 1.82) is 0 Å². The summed E-state index contributed by atoms with van der Waals surface area (Å²) in [6.45, 7) is 1.31. The fraction of sp³-hybridized carbons (Fsp3) is 0.875. The SMILES string of the molecule is CC(=O)C[C@@H]1O[C@H](O[C@@H]2[C@H](NC(C)=O)[C@H](O)O[C@H](CO)[C@@H]2OS(=O)(=O)O)[C@H](O)[C@H](O)[C@@H]1O. The summed E-state index contributed by atoms with van der Waals surface area (Å²) in [5, 5.41) is 52.4. The van der Waals surface area contributed by atoms with E-state index in [4.69, 9.17) is 18.8 Å². The predicted molar refractivity (Wildman–Crippen MR) is 98.8 cm³/mol. The number of ketones is 1. The first-order valence-corrected chi connectivity index (χ1v) is 10.8. The molecular formula is C16H27NO14S. The summed E-state index contributed by atoms with van der Waals surface area (Å²) < 4.78 is 52.3. The minimum atomic E-state index is -5.17. The lowest BCUT2D eigenvalue weighted by atomic mass is 9.94. The molecule has 2 aliphatic heterocycles. The van der Waals surface area contributed by atoms with E-state index in [-0.39, 0.29) is 6.42 Å². The first kappa shape index (κ1) is 26.9. The van der Waals surface area contributed by atoms with Gasteiger partial charge in [0.25, 0.3) is 0 Å². The van der Waals surface area contributed by atoms with Gasteiger partial charge in [-0.2, -0.15) is 8.42 Å². The zero-order chi connectivity index (χ0) is 24.4. The molecule has 1 amide bonds. The van der Waals surface area contributed by atoms with E-state index >= 15 is 0 Å². The van der Waals surface area contributed by atoms with Gasteiger partial charge in [-0.25, -0.2) is 4.18 Å². The maximum absolute atomic E-state index is 11.6. The number of aliphatic hydroxyl groups is 5. The minimum absolute atomic E-state index is 0.374. The van der Waals surface area contributed by atoms with E-state index < -0.39 is 90.0 Å². The lowest BCUT2D eigenvalue weighted by Gasteiger charge is -2.47. The number of carbonyl (C=O) groups excluding carboxylic acids is 2. The molecule has 186 valence electrons. The predicted octanol–water partition coefficient (Wildman–Crippen LogP) is -4.44. The van der Waals surface area contributed by atoms with Gasteiger partial charge < -0.3 is 45.1 Å². The molecule has 0 aliphatic carbocycles. The van der Waals surface area contributed by atoms with Gasteiger partial charge in [0.2, 0.25) is 5.91 Å². The van der Waals surface area contributed by atoms with Crippen LogP contribution >= 0.6 is 0 Å². The summed E-state index contributed by atoms with van der Waals surface area (Å²) in [6, 6.07) is -1.56. The highest BCUT2D eigenvalue weighted by atomic mass is 32.3. The van der Waals surface area contributed by atoms with Crippen molar-refractivity contribution in [2.45, 2.75) is 81.6 Å². The van der Waals surface area contributed by atoms with Crippen LogP contribution in [-0.4, -0.2) is 118 Å². The van der Waals surface area contributed by atoms with Crippen molar-refractivity contribution >= 4 is 22.1 Å². The Bertz CT molecular complexity index is 777. The highest BCUT2D eigenvalue weighted by Gasteiger charge is 2.53. The molecule has 0 aromatic rings. The Balaban J connectivity index is 2.40. The van der Waals surface area contributed by atoms with Crippen molar-refractivity contribution in [3.8, 4) is 0 Å². The van der Waals surface area contributed by atoms with Crippen LogP contribution < -0.4 is 5.32 Å². The zero-order valence-corrected chi connectivity index (χ0v) is 17.9. The van der Waals surface area contributed by atoms with E-state index in [0.29, 0.717) is 0 Å². The molecule has 15 nitrogen and oxygen atoms in total. The molecule has 2 fully saturated rings. The molecule has 0 spiro atoms. The topological polar surface area (TPSA) is 239 Å². The molecule has 32 heavy (non-hydrogen) atoms. The number of aliphatic hydroxyl groups excluding tert-OH is 5. The van der Waals surface area contributed by atoms with Crippen LogP contribution in [-0.2, 0) is 38.4 Å². The number of amides is 1. The summed E-state index contributed by atoms with van der Waals surface area (Å²) in [5.41, 5.74) is 0. The molecule has 16 heteroatoms. The number of hydrogen-bond donors (Lipinski definition) is 7. The van der Waals surface area contributed by atoms with Gasteiger partial charge >= 0.3 is 10.4 Å². The number of rotatable bonds is 8. The van der Waals surface area contributed by atoms with Gasteiger partial charge in [0.05, 0.1) is 12.7 Å². The molecule has 10 atom stereocenters. The molecule has 0 saturated carbocycles. The molecule has 2 heterocycles. The molecule has 0 radical (unpaired) electrons. The smallest absolute Gasteiger partial charge is 0.394 e. The summed E-state index contributed by atoms with van der Waals surface area (Å²) in [5.74, 6) is -1.16. The van der Waals surface area contributed by atoms with E-state index in [2.05, 4.69) is 9.50 Å². The van der Waals surface area contributed by atoms with Crippen molar-refractivity contribution in [2.24, 2.45) is 0 Å². The van der Waals surface area contributed by atoms with Crippen molar-refractivity contribution in [1.82, 2.24) is 5.32 Å². The van der Waals surface area contributed by atoms with Crippen LogP contribution in [0.2, 0.25) is 0 Å². The summed E-state index contributed by atoms with van der Waals surface area (Å²) in [4.78, 5) is 23.0. The third-order valence-electron chi connectivity index (χ3n) is 4.90. The van der Waals surface area contributed by atoms with Crippen LogP contribution in [0.5, 0.6) is 0 Å². The molecule has 0 unspecified atom stereocenters. The highest BCUT2D eigenvalue weighted by Crippen LogP contribution is 2.31. The van der Waals surface area contributed by atoms with Crippen LogP contribution in [0.25, 0.3) is 0 Å². The van der Waals surface area contributed by atoms with Crippen molar-refractivity contribution < 1.29 is 66.5 Å². The molecule has 0 aromatic heterocycles. The Morgan fingerprint density at radius 2 is 1.59 bits per heavy atom. The van der Waals surface area contributed by atoms with E-state index in [9.17, 15) is 43.5 Å². The summed E-state index contributed by atoms with van der Waals surface area (Å²) in [6.07, 6.45) is -16.1. The molecule has 2 rings (SSSR count). The van der Waals surface area contributed by atoms with E-state index in [1.54, 1.807) is 0 Å². The summed E-state index contributed by atoms with van der Waals surface area (Å²) in [7, 11) is -5.17. The normalized spacial score (nSPS) is 40.6.